The maximum absolute atomic E-state index is 12.1. The lowest BCUT2D eigenvalue weighted by atomic mass is 10.1. The molecule has 1 amide bonds. The Balaban J connectivity index is 2.22. The number of carbonyl (C=O) groups excluding carboxylic acids is 1. The van der Waals surface area contributed by atoms with E-state index in [2.05, 4.69) is 0 Å². The number of nitrogens with zero attached hydrogens (tertiary/aromatic N) is 1. The van der Waals surface area contributed by atoms with E-state index in [9.17, 15) is 4.79 Å². The van der Waals surface area contributed by atoms with Crippen LogP contribution in [0.3, 0.4) is 0 Å². The van der Waals surface area contributed by atoms with Gasteiger partial charge >= 0.3 is 0 Å². The van der Waals surface area contributed by atoms with E-state index in [1.165, 1.54) is 0 Å². The number of carbonyl (C=O) groups is 1. The lowest BCUT2D eigenvalue weighted by Crippen LogP contribution is -2.43. The number of benzene rings is 1. The van der Waals surface area contributed by atoms with Gasteiger partial charge in [0.05, 0.1) is 12.6 Å². The average molecular weight is 234 g/mol. The zero-order valence-electron chi connectivity index (χ0n) is 10.5. The Hall–Kier alpha value is -1.55. The first-order valence-electron chi connectivity index (χ1n) is 5.69. The van der Waals surface area contributed by atoms with Crippen molar-refractivity contribution in [1.29, 1.82) is 0 Å². The molecule has 1 aromatic carbocycles. The summed E-state index contributed by atoms with van der Waals surface area (Å²) in [4.78, 5) is 13.7. The van der Waals surface area contributed by atoms with Crippen molar-refractivity contribution >= 4 is 11.6 Å². The second-order valence-electron chi connectivity index (χ2n) is 4.67. The van der Waals surface area contributed by atoms with Crippen LogP contribution in [0.4, 0.5) is 5.69 Å². The van der Waals surface area contributed by atoms with Gasteiger partial charge in [-0.15, -0.1) is 0 Å². The van der Waals surface area contributed by atoms with Gasteiger partial charge in [-0.25, -0.2) is 0 Å². The molecule has 2 rings (SSSR count). The van der Waals surface area contributed by atoms with Crippen LogP contribution in [0, 0.1) is 6.92 Å². The van der Waals surface area contributed by atoms with Crippen molar-refractivity contribution in [2.24, 2.45) is 5.73 Å². The van der Waals surface area contributed by atoms with Crippen LogP contribution in [0.1, 0.15) is 18.4 Å². The van der Waals surface area contributed by atoms with Crippen molar-refractivity contribution in [3.63, 3.8) is 0 Å². The molecule has 0 heterocycles. The smallest absolute Gasteiger partial charge is 0.246 e. The summed E-state index contributed by atoms with van der Waals surface area (Å²) in [5.74, 6) is 0.811. The van der Waals surface area contributed by atoms with Crippen molar-refractivity contribution in [3.8, 4) is 5.75 Å². The minimum Gasteiger partial charge on any atom is -0.496 e. The molecule has 4 heteroatoms. The molecule has 0 atom stereocenters. The molecule has 1 aromatic rings. The van der Waals surface area contributed by atoms with Gasteiger partial charge in [0.1, 0.15) is 5.75 Å². The van der Waals surface area contributed by atoms with E-state index >= 15 is 0 Å². The Labute approximate surface area is 101 Å². The largest absolute Gasteiger partial charge is 0.496 e. The molecule has 1 saturated carbocycles. The highest BCUT2D eigenvalue weighted by Crippen LogP contribution is 2.35. The molecular formula is C13H18N2O2. The molecule has 0 saturated heterocycles. The first-order chi connectivity index (χ1) is 7.98. The summed E-state index contributed by atoms with van der Waals surface area (Å²) in [6.45, 7) is 1.95. The van der Waals surface area contributed by atoms with Crippen LogP contribution in [0.15, 0.2) is 18.2 Å². The molecule has 0 radical (unpaired) electrons. The predicted octanol–water partition coefficient (Wildman–Crippen LogP) is 1.46. The van der Waals surface area contributed by atoms with E-state index in [0.717, 1.165) is 29.8 Å². The van der Waals surface area contributed by atoms with Crippen LogP contribution >= 0.6 is 0 Å². The third-order valence-corrected chi connectivity index (χ3v) is 3.28. The Morgan fingerprint density at radius 1 is 1.47 bits per heavy atom. The minimum absolute atomic E-state index is 0.0120. The molecule has 2 N–H and O–H groups in total. The summed E-state index contributed by atoms with van der Waals surface area (Å²) < 4.78 is 5.19. The second kappa shape index (κ2) is 4.04. The number of ether oxygens (including phenoxy) is 1. The van der Waals surface area contributed by atoms with Gasteiger partial charge in [0, 0.05) is 12.7 Å². The fourth-order valence-electron chi connectivity index (χ4n) is 1.87. The number of anilines is 1. The summed E-state index contributed by atoms with van der Waals surface area (Å²) in [5, 5.41) is 0. The van der Waals surface area contributed by atoms with E-state index in [0.29, 0.717) is 0 Å². The van der Waals surface area contributed by atoms with Crippen LogP contribution in [-0.4, -0.2) is 25.6 Å². The number of hydrogen-bond acceptors (Lipinski definition) is 3. The van der Waals surface area contributed by atoms with E-state index in [4.69, 9.17) is 10.5 Å². The van der Waals surface area contributed by atoms with Crippen molar-refractivity contribution in [2.75, 3.05) is 19.1 Å². The molecule has 0 bridgehead atoms. The van der Waals surface area contributed by atoms with Crippen molar-refractivity contribution in [3.05, 3.63) is 23.8 Å². The van der Waals surface area contributed by atoms with Crippen LogP contribution < -0.4 is 15.4 Å². The van der Waals surface area contributed by atoms with Crippen LogP contribution in [0.25, 0.3) is 0 Å². The maximum Gasteiger partial charge on any atom is 0.246 e. The molecule has 0 unspecified atom stereocenters. The normalized spacial score (nSPS) is 16.5. The Bertz CT molecular complexity index is 453. The number of methoxy groups -OCH3 is 1. The van der Waals surface area contributed by atoms with Gasteiger partial charge in [-0.1, -0.05) is 0 Å². The summed E-state index contributed by atoms with van der Waals surface area (Å²) in [5.41, 5.74) is 7.14. The molecule has 0 aromatic heterocycles. The van der Waals surface area contributed by atoms with Gasteiger partial charge in [0.15, 0.2) is 0 Å². The van der Waals surface area contributed by atoms with Gasteiger partial charge < -0.3 is 15.4 Å². The van der Waals surface area contributed by atoms with Gasteiger partial charge in [-0.05, 0) is 43.5 Å². The number of rotatable bonds is 3. The molecular weight excluding hydrogens is 216 g/mol. The van der Waals surface area contributed by atoms with Gasteiger partial charge in [-0.2, -0.15) is 0 Å². The highest BCUT2D eigenvalue weighted by atomic mass is 16.5. The highest BCUT2D eigenvalue weighted by Gasteiger charge is 2.47. The van der Waals surface area contributed by atoms with E-state index in [-0.39, 0.29) is 5.91 Å². The quantitative estimate of drug-likeness (QED) is 0.861. The van der Waals surface area contributed by atoms with Crippen molar-refractivity contribution in [1.82, 2.24) is 0 Å². The minimum atomic E-state index is -0.622. The molecule has 1 fully saturated rings. The molecule has 0 aliphatic heterocycles. The van der Waals surface area contributed by atoms with Crippen LogP contribution in [-0.2, 0) is 4.79 Å². The van der Waals surface area contributed by atoms with Gasteiger partial charge in [0.25, 0.3) is 0 Å². The Morgan fingerprint density at radius 3 is 2.59 bits per heavy atom. The first kappa shape index (κ1) is 11.9. The number of nitrogens with two attached hydrogens (primary N) is 1. The zero-order valence-corrected chi connectivity index (χ0v) is 10.5. The number of hydrogen-bond donors (Lipinski definition) is 1. The molecule has 1 aliphatic rings. The van der Waals surface area contributed by atoms with E-state index < -0.39 is 5.54 Å². The molecule has 0 spiro atoms. The Morgan fingerprint density at radius 2 is 2.12 bits per heavy atom. The number of amides is 1. The van der Waals surface area contributed by atoms with Crippen LogP contribution in [0.2, 0.25) is 0 Å². The fraction of sp³-hybridized carbons (Fsp3) is 0.462. The fourth-order valence-corrected chi connectivity index (χ4v) is 1.87. The van der Waals surface area contributed by atoms with E-state index in [1.807, 2.05) is 25.1 Å². The lowest BCUT2D eigenvalue weighted by Gasteiger charge is -2.21. The van der Waals surface area contributed by atoms with Crippen molar-refractivity contribution < 1.29 is 9.53 Å². The average Bonchev–Trinajstić information content (AvgIpc) is 3.06. The summed E-state index contributed by atoms with van der Waals surface area (Å²) >= 11 is 0. The van der Waals surface area contributed by atoms with Crippen LogP contribution in [0.5, 0.6) is 5.75 Å². The van der Waals surface area contributed by atoms with Crippen molar-refractivity contribution in [2.45, 2.75) is 25.3 Å². The van der Waals surface area contributed by atoms with Gasteiger partial charge in [0.2, 0.25) is 5.91 Å². The molecule has 17 heavy (non-hydrogen) atoms. The SMILES string of the molecule is COc1ccc(N(C)C(=O)C2(N)CC2)cc1C. The summed E-state index contributed by atoms with van der Waals surface area (Å²) in [6.07, 6.45) is 1.57. The highest BCUT2D eigenvalue weighted by molar-refractivity contribution is 6.01. The molecule has 4 nitrogen and oxygen atoms in total. The third kappa shape index (κ3) is 2.13. The maximum atomic E-state index is 12.1. The second-order valence-corrected chi connectivity index (χ2v) is 4.67. The summed E-state index contributed by atoms with van der Waals surface area (Å²) in [7, 11) is 3.40. The topological polar surface area (TPSA) is 55.6 Å². The van der Waals surface area contributed by atoms with E-state index in [1.54, 1.807) is 19.1 Å². The monoisotopic (exact) mass is 234 g/mol. The predicted molar refractivity (Wildman–Crippen MR) is 67.3 cm³/mol. The molecule has 92 valence electrons. The van der Waals surface area contributed by atoms with Gasteiger partial charge in [-0.3, -0.25) is 4.79 Å². The number of likely N-dealkylation sites (N-methyl/N-ethyl adjacent to an activating group) is 1. The standard InChI is InChI=1S/C13H18N2O2/c1-9-8-10(4-5-11(9)17-3)15(2)12(16)13(14)6-7-13/h4-5,8H,6-7,14H2,1-3H3. The Kier molecular flexibility index (Phi) is 2.83. The number of aryl methyl sites for hydroxylation is 1. The first-order valence-corrected chi connectivity index (χ1v) is 5.69. The third-order valence-electron chi connectivity index (χ3n) is 3.28. The zero-order chi connectivity index (χ0) is 12.6. The molecule has 1 aliphatic carbocycles. The summed E-state index contributed by atoms with van der Waals surface area (Å²) in [6, 6.07) is 5.67. The lowest BCUT2D eigenvalue weighted by molar-refractivity contribution is -0.120.